The van der Waals surface area contributed by atoms with E-state index in [1.807, 2.05) is 24.3 Å². The lowest BCUT2D eigenvalue weighted by atomic mass is 10.1. The molecule has 0 fully saturated rings. The molecular formula is C16H14N4O2. The Morgan fingerprint density at radius 3 is 2.55 bits per heavy atom. The second-order valence-corrected chi connectivity index (χ2v) is 4.91. The number of carbonyl (C=O) groups is 2. The van der Waals surface area contributed by atoms with E-state index in [1.54, 1.807) is 24.3 Å². The number of nitrogens with one attached hydrogen (secondary N) is 2. The molecule has 22 heavy (non-hydrogen) atoms. The lowest BCUT2D eigenvalue weighted by Gasteiger charge is -2.04. The predicted molar refractivity (Wildman–Crippen MR) is 83.4 cm³/mol. The van der Waals surface area contributed by atoms with Gasteiger partial charge in [0.25, 0.3) is 5.91 Å². The maximum absolute atomic E-state index is 12.3. The molecule has 0 atom stereocenters. The van der Waals surface area contributed by atoms with E-state index in [1.165, 1.54) is 0 Å². The number of nitrogens with two attached hydrogens (primary N) is 1. The standard InChI is InChI=1S/C16H14N4O2/c17-14(21)9-10-5-7-11(8-6-10)18-16(22)15-12-3-1-2-4-13(12)19-20-15/h1-8H,9H2,(H2,17,21)(H,18,22)(H,19,20). The molecule has 3 rings (SSSR count). The first-order chi connectivity index (χ1) is 10.6. The van der Waals surface area contributed by atoms with Crippen LogP contribution in [0, 0.1) is 0 Å². The highest BCUT2D eigenvalue weighted by atomic mass is 16.2. The van der Waals surface area contributed by atoms with Gasteiger partial charge in [-0.25, -0.2) is 0 Å². The Balaban J connectivity index is 1.78. The van der Waals surface area contributed by atoms with Gasteiger partial charge in [0, 0.05) is 11.1 Å². The normalized spacial score (nSPS) is 10.5. The van der Waals surface area contributed by atoms with Crippen LogP contribution in [0.5, 0.6) is 0 Å². The van der Waals surface area contributed by atoms with E-state index in [0.717, 1.165) is 16.5 Å². The number of carbonyl (C=O) groups excluding carboxylic acids is 2. The van der Waals surface area contributed by atoms with Gasteiger partial charge in [-0.3, -0.25) is 14.7 Å². The number of aromatic amines is 1. The molecule has 2 amide bonds. The van der Waals surface area contributed by atoms with Gasteiger partial charge in [0.2, 0.25) is 5.91 Å². The van der Waals surface area contributed by atoms with E-state index in [4.69, 9.17) is 5.73 Å². The van der Waals surface area contributed by atoms with Crippen molar-refractivity contribution in [3.63, 3.8) is 0 Å². The molecule has 1 aromatic heterocycles. The van der Waals surface area contributed by atoms with Gasteiger partial charge in [-0.1, -0.05) is 30.3 Å². The summed E-state index contributed by atoms with van der Waals surface area (Å²) in [6, 6.07) is 14.4. The summed E-state index contributed by atoms with van der Waals surface area (Å²) >= 11 is 0. The molecule has 0 spiro atoms. The molecule has 0 aliphatic carbocycles. The number of benzene rings is 2. The van der Waals surface area contributed by atoms with Gasteiger partial charge in [0.05, 0.1) is 11.9 Å². The molecule has 0 saturated carbocycles. The zero-order valence-electron chi connectivity index (χ0n) is 11.7. The van der Waals surface area contributed by atoms with Crippen LogP contribution in [0.25, 0.3) is 10.9 Å². The van der Waals surface area contributed by atoms with Crippen LogP contribution in [-0.2, 0) is 11.2 Å². The number of anilines is 1. The summed E-state index contributed by atoms with van der Waals surface area (Å²) in [6.07, 6.45) is 0.179. The highest BCUT2D eigenvalue weighted by molar-refractivity contribution is 6.11. The minimum atomic E-state index is -0.389. The van der Waals surface area contributed by atoms with Gasteiger partial charge in [-0.2, -0.15) is 5.10 Å². The summed E-state index contributed by atoms with van der Waals surface area (Å²) in [7, 11) is 0. The number of hydrogen-bond acceptors (Lipinski definition) is 3. The lowest BCUT2D eigenvalue weighted by Crippen LogP contribution is -2.14. The number of hydrogen-bond donors (Lipinski definition) is 3. The van der Waals surface area contributed by atoms with E-state index in [-0.39, 0.29) is 18.2 Å². The number of para-hydroxylation sites is 1. The molecule has 0 saturated heterocycles. The molecule has 0 bridgehead atoms. The number of rotatable bonds is 4. The Labute approximate surface area is 126 Å². The van der Waals surface area contributed by atoms with Crippen LogP contribution in [0.15, 0.2) is 48.5 Å². The molecule has 0 radical (unpaired) electrons. The molecule has 0 aliphatic heterocycles. The summed E-state index contributed by atoms with van der Waals surface area (Å²) in [6.45, 7) is 0. The third-order valence-electron chi connectivity index (χ3n) is 3.28. The largest absolute Gasteiger partial charge is 0.369 e. The fourth-order valence-electron chi connectivity index (χ4n) is 2.23. The van der Waals surface area contributed by atoms with E-state index in [0.29, 0.717) is 11.4 Å². The topological polar surface area (TPSA) is 101 Å². The Morgan fingerprint density at radius 2 is 1.82 bits per heavy atom. The van der Waals surface area contributed by atoms with Gasteiger partial charge in [-0.05, 0) is 23.8 Å². The zero-order chi connectivity index (χ0) is 15.5. The van der Waals surface area contributed by atoms with Crippen LogP contribution < -0.4 is 11.1 Å². The van der Waals surface area contributed by atoms with Crippen LogP contribution in [0.1, 0.15) is 16.1 Å². The van der Waals surface area contributed by atoms with E-state index >= 15 is 0 Å². The molecule has 3 aromatic rings. The number of amides is 2. The summed E-state index contributed by atoms with van der Waals surface area (Å²) in [5, 5.41) is 10.4. The minimum Gasteiger partial charge on any atom is -0.369 e. The van der Waals surface area contributed by atoms with Gasteiger partial charge in [0.1, 0.15) is 0 Å². The summed E-state index contributed by atoms with van der Waals surface area (Å²) in [4.78, 5) is 23.1. The Bertz CT molecular complexity index is 837. The molecule has 6 heteroatoms. The second-order valence-electron chi connectivity index (χ2n) is 4.91. The first-order valence-electron chi connectivity index (χ1n) is 6.75. The lowest BCUT2D eigenvalue weighted by molar-refractivity contribution is -0.117. The Hall–Kier alpha value is -3.15. The van der Waals surface area contributed by atoms with Gasteiger partial charge in [-0.15, -0.1) is 0 Å². The highest BCUT2D eigenvalue weighted by Gasteiger charge is 2.13. The quantitative estimate of drug-likeness (QED) is 0.684. The van der Waals surface area contributed by atoms with Crippen molar-refractivity contribution in [2.24, 2.45) is 5.73 Å². The highest BCUT2D eigenvalue weighted by Crippen LogP contribution is 2.17. The van der Waals surface area contributed by atoms with Crippen molar-refractivity contribution in [2.75, 3.05) is 5.32 Å². The summed E-state index contributed by atoms with van der Waals surface area (Å²) < 4.78 is 0. The van der Waals surface area contributed by atoms with Crippen molar-refractivity contribution in [2.45, 2.75) is 6.42 Å². The molecule has 2 aromatic carbocycles. The Morgan fingerprint density at radius 1 is 1.09 bits per heavy atom. The molecule has 110 valence electrons. The first kappa shape index (κ1) is 13.8. The van der Waals surface area contributed by atoms with Crippen molar-refractivity contribution >= 4 is 28.4 Å². The average molecular weight is 294 g/mol. The van der Waals surface area contributed by atoms with Crippen molar-refractivity contribution in [1.29, 1.82) is 0 Å². The summed E-state index contributed by atoms with van der Waals surface area (Å²) in [5.74, 6) is -0.681. The molecule has 0 aliphatic rings. The predicted octanol–water partition coefficient (Wildman–Crippen LogP) is 1.84. The van der Waals surface area contributed by atoms with E-state index in [9.17, 15) is 9.59 Å². The fraction of sp³-hybridized carbons (Fsp3) is 0.0625. The number of fused-ring (bicyclic) bond motifs is 1. The van der Waals surface area contributed by atoms with Gasteiger partial charge >= 0.3 is 0 Å². The van der Waals surface area contributed by atoms with Crippen LogP contribution in [0.3, 0.4) is 0 Å². The number of H-pyrrole nitrogens is 1. The Kier molecular flexibility index (Phi) is 3.57. The second kappa shape index (κ2) is 5.69. The minimum absolute atomic E-state index is 0.179. The first-order valence-corrected chi connectivity index (χ1v) is 6.75. The average Bonchev–Trinajstić information content (AvgIpc) is 2.93. The van der Waals surface area contributed by atoms with Crippen molar-refractivity contribution in [1.82, 2.24) is 10.2 Å². The maximum atomic E-state index is 12.3. The number of aromatic nitrogens is 2. The monoisotopic (exact) mass is 294 g/mol. The van der Waals surface area contributed by atoms with E-state index < -0.39 is 0 Å². The fourth-order valence-corrected chi connectivity index (χ4v) is 2.23. The van der Waals surface area contributed by atoms with Gasteiger partial charge in [0.15, 0.2) is 5.69 Å². The maximum Gasteiger partial charge on any atom is 0.276 e. The molecule has 4 N–H and O–H groups in total. The van der Waals surface area contributed by atoms with E-state index in [2.05, 4.69) is 15.5 Å². The molecule has 6 nitrogen and oxygen atoms in total. The van der Waals surface area contributed by atoms with Crippen molar-refractivity contribution in [3.8, 4) is 0 Å². The third-order valence-corrected chi connectivity index (χ3v) is 3.28. The van der Waals surface area contributed by atoms with Crippen LogP contribution in [0.4, 0.5) is 5.69 Å². The van der Waals surface area contributed by atoms with Crippen molar-refractivity contribution in [3.05, 3.63) is 59.8 Å². The SMILES string of the molecule is NC(=O)Cc1ccc(NC(=O)c2n[nH]c3ccccc23)cc1. The summed E-state index contributed by atoms with van der Waals surface area (Å²) in [5.41, 5.74) is 7.73. The third kappa shape index (κ3) is 2.80. The van der Waals surface area contributed by atoms with Crippen molar-refractivity contribution < 1.29 is 9.59 Å². The van der Waals surface area contributed by atoms with Gasteiger partial charge < -0.3 is 11.1 Å². The molecule has 1 heterocycles. The number of nitrogens with zero attached hydrogens (tertiary/aromatic N) is 1. The van der Waals surface area contributed by atoms with Crippen LogP contribution in [0.2, 0.25) is 0 Å². The molecule has 0 unspecified atom stereocenters. The number of primary amides is 1. The molecular weight excluding hydrogens is 280 g/mol. The zero-order valence-corrected chi connectivity index (χ0v) is 11.7. The van der Waals surface area contributed by atoms with Crippen LogP contribution in [-0.4, -0.2) is 22.0 Å². The van der Waals surface area contributed by atoms with Crippen LogP contribution >= 0.6 is 0 Å². The smallest absolute Gasteiger partial charge is 0.276 e.